The molecule has 0 fully saturated rings. The van der Waals surface area contributed by atoms with E-state index < -0.39 is 11.6 Å². The molecule has 2 rings (SSSR count). The minimum atomic E-state index is -0.582. The molecule has 0 aliphatic carbocycles. The monoisotopic (exact) mass is 276 g/mol. The van der Waals surface area contributed by atoms with Gasteiger partial charge < -0.3 is 4.74 Å². The van der Waals surface area contributed by atoms with E-state index in [1.807, 2.05) is 24.3 Å². The zero-order valence-electron chi connectivity index (χ0n) is 11.7. The Morgan fingerprint density at radius 1 is 1.05 bits per heavy atom. The molecule has 106 valence electrons. The molecule has 0 heterocycles. The van der Waals surface area contributed by atoms with Gasteiger partial charge in [-0.15, -0.1) is 0 Å². The Morgan fingerprint density at radius 2 is 1.75 bits per heavy atom. The van der Waals surface area contributed by atoms with Crippen molar-refractivity contribution >= 4 is 0 Å². The quantitative estimate of drug-likeness (QED) is 0.742. The molecule has 1 unspecified atom stereocenters. The first-order valence-corrected chi connectivity index (χ1v) is 6.77. The molecule has 0 aliphatic heterocycles. The molecule has 0 bridgehead atoms. The van der Waals surface area contributed by atoms with E-state index >= 15 is 0 Å². The molecule has 2 aromatic rings. The number of ether oxygens (including phenoxy) is 1. The van der Waals surface area contributed by atoms with Crippen LogP contribution in [0.25, 0.3) is 0 Å². The lowest BCUT2D eigenvalue weighted by Crippen LogP contribution is -1.99. The van der Waals surface area contributed by atoms with E-state index in [4.69, 9.17) is 4.74 Å². The molecule has 0 radical (unpaired) electrons. The minimum absolute atomic E-state index is 0.0921. The second-order valence-corrected chi connectivity index (χ2v) is 4.90. The SMILES string of the molecule is CCC(C)c1ccc(OCc2ccc(F)cc2F)cc1. The fraction of sp³-hybridized carbons (Fsp3) is 0.294. The molecule has 0 saturated heterocycles. The maximum absolute atomic E-state index is 13.4. The second-order valence-electron chi connectivity index (χ2n) is 4.90. The maximum atomic E-state index is 13.4. The van der Waals surface area contributed by atoms with Gasteiger partial charge in [0.15, 0.2) is 0 Å². The van der Waals surface area contributed by atoms with Crippen molar-refractivity contribution < 1.29 is 13.5 Å². The third-order valence-corrected chi connectivity index (χ3v) is 3.47. The molecular formula is C17H18F2O. The average Bonchev–Trinajstić information content (AvgIpc) is 2.46. The van der Waals surface area contributed by atoms with Gasteiger partial charge in [-0.2, -0.15) is 0 Å². The number of benzene rings is 2. The Kier molecular flexibility index (Phi) is 4.72. The highest BCUT2D eigenvalue weighted by atomic mass is 19.1. The first-order chi connectivity index (χ1) is 9.60. The third kappa shape index (κ3) is 3.56. The van der Waals surface area contributed by atoms with Crippen molar-refractivity contribution in [2.45, 2.75) is 32.8 Å². The molecule has 0 saturated carbocycles. The predicted octanol–water partition coefficient (Wildman–Crippen LogP) is 5.06. The van der Waals surface area contributed by atoms with Gasteiger partial charge in [-0.3, -0.25) is 0 Å². The van der Waals surface area contributed by atoms with Crippen LogP contribution in [-0.2, 0) is 6.61 Å². The first-order valence-electron chi connectivity index (χ1n) is 6.77. The lowest BCUT2D eigenvalue weighted by Gasteiger charge is -2.11. The Hall–Kier alpha value is -1.90. The summed E-state index contributed by atoms with van der Waals surface area (Å²) in [6.45, 7) is 4.41. The Balaban J connectivity index is 2.00. The van der Waals surface area contributed by atoms with Gasteiger partial charge in [-0.1, -0.05) is 26.0 Å². The van der Waals surface area contributed by atoms with Crippen LogP contribution in [-0.4, -0.2) is 0 Å². The fourth-order valence-corrected chi connectivity index (χ4v) is 1.93. The lowest BCUT2D eigenvalue weighted by molar-refractivity contribution is 0.299. The molecule has 0 N–H and O–H groups in total. The van der Waals surface area contributed by atoms with Gasteiger partial charge in [0.25, 0.3) is 0 Å². The minimum Gasteiger partial charge on any atom is -0.489 e. The maximum Gasteiger partial charge on any atom is 0.132 e. The van der Waals surface area contributed by atoms with E-state index in [2.05, 4.69) is 13.8 Å². The summed E-state index contributed by atoms with van der Waals surface area (Å²) in [5.74, 6) is 0.0322. The van der Waals surface area contributed by atoms with Gasteiger partial charge in [-0.25, -0.2) is 8.78 Å². The second kappa shape index (κ2) is 6.51. The van der Waals surface area contributed by atoms with Crippen molar-refractivity contribution in [3.8, 4) is 5.75 Å². The molecule has 0 aromatic heterocycles. The van der Waals surface area contributed by atoms with E-state index in [0.29, 0.717) is 17.2 Å². The fourth-order valence-electron chi connectivity index (χ4n) is 1.93. The smallest absolute Gasteiger partial charge is 0.132 e. The standard InChI is InChI=1S/C17H18F2O/c1-3-12(2)13-5-8-16(9-6-13)20-11-14-4-7-15(18)10-17(14)19/h4-10,12H,3,11H2,1-2H3. The summed E-state index contributed by atoms with van der Waals surface area (Å²) < 4.78 is 31.8. The van der Waals surface area contributed by atoms with Crippen molar-refractivity contribution in [1.29, 1.82) is 0 Å². The molecule has 0 amide bonds. The largest absolute Gasteiger partial charge is 0.489 e. The zero-order chi connectivity index (χ0) is 14.5. The highest BCUT2D eigenvalue weighted by molar-refractivity contribution is 5.29. The summed E-state index contributed by atoms with van der Waals surface area (Å²) in [5.41, 5.74) is 1.60. The molecular weight excluding hydrogens is 258 g/mol. The Morgan fingerprint density at radius 3 is 2.35 bits per heavy atom. The zero-order valence-corrected chi connectivity index (χ0v) is 11.7. The van der Waals surface area contributed by atoms with Crippen molar-refractivity contribution in [3.63, 3.8) is 0 Å². The van der Waals surface area contributed by atoms with Gasteiger partial charge in [-0.05, 0) is 42.2 Å². The van der Waals surface area contributed by atoms with Crippen molar-refractivity contribution in [2.24, 2.45) is 0 Å². The summed E-state index contributed by atoms with van der Waals surface area (Å²) in [5, 5.41) is 0. The van der Waals surface area contributed by atoms with Crippen LogP contribution in [0.5, 0.6) is 5.75 Å². The van der Waals surface area contributed by atoms with Crippen LogP contribution in [0.2, 0.25) is 0 Å². The summed E-state index contributed by atoms with van der Waals surface area (Å²) in [4.78, 5) is 0. The summed E-state index contributed by atoms with van der Waals surface area (Å²) in [6, 6.07) is 11.3. The van der Waals surface area contributed by atoms with Gasteiger partial charge in [0.2, 0.25) is 0 Å². The number of hydrogen-bond donors (Lipinski definition) is 0. The molecule has 2 aromatic carbocycles. The van der Waals surface area contributed by atoms with E-state index in [-0.39, 0.29) is 6.61 Å². The highest BCUT2D eigenvalue weighted by Gasteiger charge is 2.06. The summed E-state index contributed by atoms with van der Waals surface area (Å²) >= 11 is 0. The molecule has 3 heteroatoms. The topological polar surface area (TPSA) is 9.23 Å². The van der Waals surface area contributed by atoms with Crippen LogP contribution in [0.4, 0.5) is 8.78 Å². The average molecular weight is 276 g/mol. The van der Waals surface area contributed by atoms with Crippen LogP contribution in [0.3, 0.4) is 0 Å². The van der Waals surface area contributed by atoms with Gasteiger partial charge in [0.1, 0.15) is 24.0 Å². The van der Waals surface area contributed by atoms with Crippen LogP contribution in [0.15, 0.2) is 42.5 Å². The van der Waals surface area contributed by atoms with Crippen molar-refractivity contribution in [2.75, 3.05) is 0 Å². The molecule has 1 atom stereocenters. The number of halogens is 2. The molecule has 1 nitrogen and oxygen atoms in total. The van der Waals surface area contributed by atoms with Crippen molar-refractivity contribution in [1.82, 2.24) is 0 Å². The van der Waals surface area contributed by atoms with Gasteiger partial charge in [0, 0.05) is 11.6 Å². The molecule has 20 heavy (non-hydrogen) atoms. The Bertz CT molecular complexity index is 564. The molecule has 0 aliphatic rings. The van der Waals surface area contributed by atoms with Gasteiger partial charge >= 0.3 is 0 Å². The van der Waals surface area contributed by atoms with E-state index in [9.17, 15) is 8.78 Å². The van der Waals surface area contributed by atoms with Crippen LogP contribution in [0, 0.1) is 11.6 Å². The van der Waals surface area contributed by atoms with E-state index in [1.54, 1.807) is 0 Å². The lowest BCUT2D eigenvalue weighted by atomic mass is 9.99. The van der Waals surface area contributed by atoms with Crippen molar-refractivity contribution in [3.05, 3.63) is 65.2 Å². The van der Waals surface area contributed by atoms with Crippen LogP contribution in [0.1, 0.15) is 37.3 Å². The summed E-state index contributed by atoms with van der Waals surface area (Å²) in [6.07, 6.45) is 1.08. The van der Waals surface area contributed by atoms with E-state index in [0.717, 1.165) is 12.5 Å². The first kappa shape index (κ1) is 14.5. The predicted molar refractivity (Wildman–Crippen MR) is 75.8 cm³/mol. The van der Waals surface area contributed by atoms with Gasteiger partial charge in [0.05, 0.1) is 0 Å². The van der Waals surface area contributed by atoms with E-state index in [1.165, 1.54) is 17.7 Å². The third-order valence-electron chi connectivity index (χ3n) is 3.47. The number of hydrogen-bond acceptors (Lipinski definition) is 1. The summed E-state index contributed by atoms with van der Waals surface area (Å²) in [7, 11) is 0. The van der Waals surface area contributed by atoms with Crippen LogP contribution < -0.4 is 4.74 Å². The van der Waals surface area contributed by atoms with Crippen LogP contribution >= 0.6 is 0 Å². The Labute approximate surface area is 118 Å². The number of rotatable bonds is 5. The normalized spacial score (nSPS) is 12.2. The molecule has 0 spiro atoms. The highest BCUT2D eigenvalue weighted by Crippen LogP contribution is 2.22.